The minimum atomic E-state index is -2.48. The van der Waals surface area contributed by atoms with E-state index in [1.807, 2.05) is 0 Å². The number of carbonyl (C=O) groups excluding carboxylic acids is 1. The highest BCUT2D eigenvalue weighted by molar-refractivity contribution is 5.89. The summed E-state index contributed by atoms with van der Waals surface area (Å²) in [5, 5.41) is 27.4. The molecule has 0 aromatic carbocycles. The normalized spacial score (nSPS) is 15.6. The predicted octanol–water partition coefficient (Wildman–Crippen LogP) is -0.219. The Balaban J connectivity index is 5.02. The molecule has 3 N–H and O–H groups in total. The first-order chi connectivity index (χ1) is 8.18. The van der Waals surface area contributed by atoms with E-state index >= 15 is 0 Å². The number of hydrogen-bond acceptors (Lipinski definition) is 4. The summed E-state index contributed by atoms with van der Waals surface area (Å²) in [6.45, 7) is 5.14. The van der Waals surface area contributed by atoms with Gasteiger partial charge in [0.1, 0.15) is 5.92 Å². The quantitative estimate of drug-likeness (QED) is 0.583. The molecule has 18 heavy (non-hydrogen) atoms. The second-order valence-electron chi connectivity index (χ2n) is 4.11. The highest BCUT2D eigenvalue weighted by Gasteiger charge is 2.45. The second kappa shape index (κ2) is 6.34. The van der Waals surface area contributed by atoms with Gasteiger partial charge in [0.25, 0.3) is 0 Å². The third-order valence-corrected chi connectivity index (χ3v) is 2.90. The van der Waals surface area contributed by atoms with Gasteiger partial charge in [-0.25, -0.2) is 4.79 Å². The van der Waals surface area contributed by atoms with Crippen LogP contribution in [-0.2, 0) is 14.4 Å². The maximum absolute atomic E-state index is 11.7. The van der Waals surface area contributed by atoms with Gasteiger partial charge in [0.15, 0.2) is 5.60 Å². The average molecular weight is 261 g/mol. The number of carbonyl (C=O) groups is 3. The molecular weight excluding hydrogens is 242 g/mol. The predicted molar refractivity (Wildman–Crippen MR) is 61.9 cm³/mol. The van der Waals surface area contributed by atoms with Crippen molar-refractivity contribution in [1.82, 2.24) is 4.90 Å². The van der Waals surface area contributed by atoms with Crippen molar-refractivity contribution in [1.29, 1.82) is 0 Å². The summed E-state index contributed by atoms with van der Waals surface area (Å²) in [4.78, 5) is 34.9. The summed E-state index contributed by atoms with van der Waals surface area (Å²) in [6.07, 6.45) is -0.545. The van der Waals surface area contributed by atoms with E-state index in [-0.39, 0.29) is 0 Å². The van der Waals surface area contributed by atoms with Crippen molar-refractivity contribution < 1.29 is 29.7 Å². The number of nitrogens with zero attached hydrogens (tertiary/aromatic N) is 1. The molecule has 0 aliphatic heterocycles. The smallest absolute Gasteiger partial charge is 0.336 e. The largest absolute Gasteiger partial charge is 0.481 e. The Labute approximate surface area is 105 Å². The Morgan fingerprint density at radius 2 is 1.61 bits per heavy atom. The molecule has 0 aliphatic rings. The van der Waals surface area contributed by atoms with Crippen LogP contribution in [0.2, 0.25) is 0 Å². The topological polar surface area (TPSA) is 115 Å². The highest BCUT2D eigenvalue weighted by atomic mass is 16.4. The Bertz CT molecular complexity index is 334. The van der Waals surface area contributed by atoms with Gasteiger partial charge < -0.3 is 20.2 Å². The Morgan fingerprint density at radius 1 is 1.17 bits per heavy atom. The third kappa shape index (κ3) is 3.69. The van der Waals surface area contributed by atoms with Crippen molar-refractivity contribution in [3.05, 3.63) is 0 Å². The number of carboxylic acid groups (broad SMARTS) is 2. The van der Waals surface area contributed by atoms with Crippen molar-refractivity contribution in [2.45, 2.75) is 32.8 Å². The summed E-state index contributed by atoms with van der Waals surface area (Å²) in [5.41, 5.74) is -2.48. The van der Waals surface area contributed by atoms with E-state index in [0.29, 0.717) is 13.1 Å². The summed E-state index contributed by atoms with van der Waals surface area (Å²) >= 11 is 0. The fourth-order valence-corrected chi connectivity index (χ4v) is 1.56. The van der Waals surface area contributed by atoms with Gasteiger partial charge in [0.2, 0.25) is 5.91 Å². The minimum absolute atomic E-state index is 0.400. The van der Waals surface area contributed by atoms with Crippen LogP contribution in [0.1, 0.15) is 27.2 Å². The first kappa shape index (κ1) is 16.4. The van der Waals surface area contributed by atoms with Crippen LogP contribution >= 0.6 is 0 Å². The maximum Gasteiger partial charge on any atom is 0.336 e. The van der Waals surface area contributed by atoms with E-state index < -0.39 is 35.8 Å². The van der Waals surface area contributed by atoms with Crippen molar-refractivity contribution in [2.75, 3.05) is 13.1 Å². The van der Waals surface area contributed by atoms with Crippen LogP contribution in [0.3, 0.4) is 0 Å². The number of amides is 1. The van der Waals surface area contributed by atoms with E-state index in [1.54, 1.807) is 13.8 Å². The minimum Gasteiger partial charge on any atom is -0.481 e. The van der Waals surface area contributed by atoms with Crippen LogP contribution in [0.25, 0.3) is 0 Å². The van der Waals surface area contributed by atoms with Crippen LogP contribution < -0.4 is 0 Å². The molecule has 0 aliphatic carbocycles. The molecule has 0 aromatic heterocycles. The molecule has 0 heterocycles. The fraction of sp³-hybridized carbons (Fsp3) is 0.727. The van der Waals surface area contributed by atoms with Crippen molar-refractivity contribution in [3.63, 3.8) is 0 Å². The summed E-state index contributed by atoms with van der Waals surface area (Å²) < 4.78 is 0. The summed E-state index contributed by atoms with van der Waals surface area (Å²) in [6, 6.07) is 0. The number of aliphatic carboxylic acids is 2. The van der Waals surface area contributed by atoms with Gasteiger partial charge in [0, 0.05) is 19.5 Å². The van der Waals surface area contributed by atoms with Crippen LogP contribution in [-0.4, -0.2) is 56.8 Å². The standard InChI is InChI=1S/C11H19NO6/c1-4-12(5-2)8(13)6-7(9(14)15)11(3,18)10(16)17/h7,18H,4-6H2,1-3H3,(H,14,15)(H,16,17). The molecule has 0 saturated carbocycles. The van der Waals surface area contributed by atoms with Crippen LogP contribution in [0.4, 0.5) is 0 Å². The van der Waals surface area contributed by atoms with Gasteiger partial charge in [-0.2, -0.15) is 0 Å². The Morgan fingerprint density at radius 3 is 1.89 bits per heavy atom. The monoisotopic (exact) mass is 261 g/mol. The van der Waals surface area contributed by atoms with Gasteiger partial charge in [-0.3, -0.25) is 9.59 Å². The molecule has 2 unspecified atom stereocenters. The molecule has 0 rings (SSSR count). The summed E-state index contributed by atoms with van der Waals surface area (Å²) in [5.74, 6) is -5.35. The molecule has 0 aromatic rings. The molecule has 0 saturated heterocycles. The molecule has 0 spiro atoms. The van der Waals surface area contributed by atoms with Gasteiger partial charge in [-0.1, -0.05) is 0 Å². The van der Waals surface area contributed by atoms with E-state index in [0.717, 1.165) is 6.92 Å². The van der Waals surface area contributed by atoms with Crippen molar-refractivity contribution in [2.24, 2.45) is 5.92 Å². The van der Waals surface area contributed by atoms with Crippen LogP contribution in [0.5, 0.6) is 0 Å². The number of carboxylic acids is 2. The van der Waals surface area contributed by atoms with Gasteiger partial charge >= 0.3 is 11.9 Å². The van der Waals surface area contributed by atoms with E-state index in [2.05, 4.69) is 0 Å². The first-order valence-electron chi connectivity index (χ1n) is 5.64. The molecule has 104 valence electrons. The first-order valence-corrected chi connectivity index (χ1v) is 5.64. The Kier molecular flexibility index (Phi) is 5.77. The molecule has 0 bridgehead atoms. The second-order valence-corrected chi connectivity index (χ2v) is 4.11. The maximum atomic E-state index is 11.7. The summed E-state index contributed by atoms with van der Waals surface area (Å²) in [7, 11) is 0. The van der Waals surface area contributed by atoms with Gasteiger partial charge in [-0.15, -0.1) is 0 Å². The van der Waals surface area contributed by atoms with Gasteiger partial charge in [0.05, 0.1) is 0 Å². The molecule has 7 nitrogen and oxygen atoms in total. The zero-order valence-corrected chi connectivity index (χ0v) is 10.7. The lowest BCUT2D eigenvalue weighted by molar-refractivity contribution is -0.173. The molecular formula is C11H19NO6. The van der Waals surface area contributed by atoms with E-state index in [4.69, 9.17) is 10.2 Å². The average Bonchev–Trinajstić information content (AvgIpc) is 2.26. The highest BCUT2D eigenvalue weighted by Crippen LogP contribution is 2.22. The molecule has 1 amide bonds. The third-order valence-electron chi connectivity index (χ3n) is 2.90. The number of rotatable bonds is 7. The van der Waals surface area contributed by atoms with Crippen LogP contribution in [0.15, 0.2) is 0 Å². The SMILES string of the molecule is CCN(CC)C(=O)CC(C(=O)O)C(C)(O)C(=O)O. The van der Waals surface area contributed by atoms with Crippen molar-refractivity contribution in [3.8, 4) is 0 Å². The van der Waals surface area contributed by atoms with Crippen molar-refractivity contribution >= 4 is 17.8 Å². The van der Waals surface area contributed by atoms with E-state index in [1.165, 1.54) is 4.90 Å². The molecule has 2 atom stereocenters. The molecule has 7 heteroatoms. The lowest BCUT2D eigenvalue weighted by Crippen LogP contribution is -2.49. The van der Waals surface area contributed by atoms with E-state index in [9.17, 15) is 19.5 Å². The zero-order valence-electron chi connectivity index (χ0n) is 10.7. The lowest BCUT2D eigenvalue weighted by Gasteiger charge is -2.27. The molecule has 0 radical (unpaired) electrons. The molecule has 0 fully saturated rings. The number of hydrogen-bond donors (Lipinski definition) is 3. The lowest BCUT2D eigenvalue weighted by atomic mass is 9.86. The van der Waals surface area contributed by atoms with Crippen LogP contribution in [0, 0.1) is 5.92 Å². The fourth-order valence-electron chi connectivity index (χ4n) is 1.56. The zero-order chi connectivity index (χ0) is 14.5. The number of aliphatic hydroxyl groups is 1. The van der Waals surface area contributed by atoms with Gasteiger partial charge in [-0.05, 0) is 20.8 Å². The Hall–Kier alpha value is -1.63.